The number of rotatable bonds is 4. The van der Waals surface area contributed by atoms with Gasteiger partial charge >= 0.3 is 0 Å². The minimum absolute atomic E-state index is 0.467. The van der Waals surface area contributed by atoms with Crippen LogP contribution in [0, 0.1) is 5.92 Å². The zero-order valence-electron chi connectivity index (χ0n) is 9.16. The summed E-state index contributed by atoms with van der Waals surface area (Å²) in [6, 6.07) is 7.29. The fourth-order valence-corrected chi connectivity index (χ4v) is 1.34. The number of hydrogen-bond acceptors (Lipinski definition) is 2. The molecule has 0 fully saturated rings. The van der Waals surface area contributed by atoms with Crippen molar-refractivity contribution >= 4 is 5.91 Å². The summed E-state index contributed by atoms with van der Waals surface area (Å²) in [7, 11) is 0. The third kappa shape index (κ3) is 3.72. The molecule has 3 nitrogen and oxygen atoms in total. The van der Waals surface area contributed by atoms with Crippen molar-refractivity contribution in [1.82, 2.24) is 5.48 Å². The molecule has 0 aliphatic rings. The number of carbonyl (C=O) groups is 1. The predicted molar refractivity (Wildman–Crippen MR) is 58.9 cm³/mol. The molecular formula is C12H17NO2. The topological polar surface area (TPSA) is 49.3 Å². The van der Waals surface area contributed by atoms with E-state index in [2.05, 4.69) is 13.8 Å². The summed E-state index contributed by atoms with van der Waals surface area (Å²) in [5, 5.41) is 8.43. The van der Waals surface area contributed by atoms with Gasteiger partial charge in [-0.3, -0.25) is 10.0 Å². The van der Waals surface area contributed by atoms with Crippen LogP contribution in [-0.4, -0.2) is 11.1 Å². The average Bonchev–Trinajstić information content (AvgIpc) is 2.26. The Kier molecular flexibility index (Phi) is 4.31. The lowest BCUT2D eigenvalue weighted by atomic mass is 10.0. The summed E-state index contributed by atoms with van der Waals surface area (Å²) in [5.41, 5.74) is 3.31. The summed E-state index contributed by atoms with van der Waals surface area (Å²) in [4.78, 5) is 11.0. The van der Waals surface area contributed by atoms with E-state index in [1.165, 1.54) is 5.56 Å². The van der Waals surface area contributed by atoms with Crippen LogP contribution in [0.2, 0.25) is 0 Å². The maximum absolute atomic E-state index is 11.0. The molecule has 0 aliphatic heterocycles. The van der Waals surface area contributed by atoms with Crippen molar-refractivity contribution in [2.24, 2.45) is 5.92 Å². The molecule has 3 heteroatoms. The van der Waals surface area contributed by atoms with Crippen LogP contribution < -0.4 is 5.48 Å². The minimum Gasteiger partial charge on any atom is -0.288 e. The van der Waals surface area contributed by atoms with Gasteiger partial charge in [-0.1, -0.05) is 26.0 Å². The van der Waals surface area contributed by atoms with Crippen molar-refractivity contribution in [3.63, 3.8) is 0 Å². The van der Waals surface area contributed by atoms with Gasteiger partial charge in [0, 0.05) is 5.56 Å². The van der Waals surface area contributed by atoms with Crippen molar-refractivity contribution in [3.8, 4) is 0 Å². The Labute approximate surface area is 90.1 Å². The van der Waals surface area contributed by atoms with Crippen LogP contribution in [0.25, 0.3) is 0 Å². The number of hydrogen-bond donors (Lipinski definition) is 2. The van der Waals surface area contributed by atoms with Crippen LogP contribution in [0.4, 0.5) is 0 Å². The van der Waals surface area contributed by atoms with Gasteiger partial charge in [0.1, 0.15) is 0 Å². The second-order valence-electron chi connectivity index (χ2n) is 4.07. The van der Waals surface area contributed by atoms with E-state index in [1.807, 2.05) is 12.1 Å². The number of amides is 1. The second-order valence-corrected chi connectivity index (χ2v) is 4.07. The third-order valence-electron chi connectivity index (χ3n) is 2.33. The van der Waals surface area contributed by atoms with E-state index in [4.69, 9.17) is 5.21 Å². The van der Waals surface area contributed by atoms with E-state index >= 15 is 0 Å². The first-order chi connectivity index (χ1) is 7.13. The van der Waals surface area contributed by atoms with Gasteiger partial charge in [-0.15, -0.1) is 0 Å². The van der Waals surface area contributed by atoms with Crippen LogP contribution in [0.1, 0.15) is 36.2 Å². The molecule has 1 aromatic carbocycles. The lowest BCUT2D eigenvalue weighted by Gasteiger charge is -2.05. The SMILES string of the molecule is CC(C)CCc1ccc(C(=O)NO)cc1. The summed E-state index contributed by atoms with van der Waals surface area (Å²) >= 11 is 0. The Hall–Kier alpha value is -1.35. The fraction of sp³-hybridized carbons (Fsp3) is 0.417. The second kappa shape index (κ2) is 5.51. The van der Waals surface area contributed by atoms with E-state index in [0.717, 1.165) is 12.8 Å². The number of benzene rings is 1. The molecule has 0 heterocycles. The maximum Gasteiger partial charge on any atom is 0.274 e. The molecule has 0 bridgehead atoms. The highest BCUT2D eigenvalue weighted by atomic mass is 16.5. The van der Waals surface area contributed by atoms with E-state index in [1.54, 1.807) is 17.6 Å². The molecule has 1 amide bonds. The van der Waals surface area contributed by atoms with Gasteiger partial charge in [0.25, 0.3) is 5.91 Å². The van der Waals surface area contributed by atoms with Crippen molar-refractivity contribution in [1.29, 1.82) is 0 Å². The first-order valence-electron chi connectivity index (χ1n) is 5.17. The summed E-state index contributed by atoms with van der Waals surface area (Å²) in [6.45, 7) is 4.38. The monoisotopic (exact) mass is 207 g/mol. The average molecular weight is 207 g/mol. The number of aryl methyl sites for hydroxylation is 1. The molecule has 0 aromatic heterocycles. The van der Waals surface area contributed by atoms with Gasteiger partial charge in [-0.05, 0) is 36.5 Å². The highest BCUT2D eigenvalue weighted by Crippen LogP contribution is 2.10. The van der Waals surface area contributed by atoms with Crippen LogP contribution in [-0.2, 0) is 6.42 Å². The lowest BCUT2D eigenvalue weighted by molar-refractivity contribution is 0.0706. The van der Waals surface area contributed by atoms with Gasteiger partial charge < -0.3 is 0 Å². The van der Waals surface area contributed by atoms with Crippen molar-refractivity contribution in [2.45, 2.75) is 26.7 Å². The molecule has 0 saturated carbocycles. The lowest BCUT2D eigenvalue weighted by Crippen LogP contribution is -2.18. The van der Waals surface area contributed by atoms with Gasteiger partial charge in [0.15, 0.2) is 0 Å². The highest BCUT2D eigenvalue weighted by molar-refractivity contribution is 5.93. The summed E-state index contributed by atoms with van der Waals surface area (Å²) in [5.74, 6) is 0.218. The van der Waals surface area contributed by atoms with Crippen molar-refractivity contribution < 1.29 is 10.0 Å². The normalized spacial score (nSPS) is 10.4. The van der Waals surface area contributed by atoms with Crippen LogP contribution in [0.5, 0.6) is 0 Å². The van der Waals surface area contributed by atoms with E-state index in [0.29, 0.717) is 11.5 Å². The van der Waals surface area contributed by atoms with Gasteiger partial charge in [-0.25, -0.2) is 5.48 Å². The molecule has 0 radical (unpaired) electrons. The highest BCUT2D eigenvalue weighted by Gasteiger charge is 2.03. The van der Waals surface area contributed by atoms with Gasteiger partial charge in [0.05, 0.1) is 0 Å². The van der Waals surface area contributed by atoms with Crippen molar-refractivity contribution in [3.05, 3.63) is 35.4 Å². The molecule has 0 saturated heterocycles. The molecule has 2 N–H and O–H groups in total. The standard InChI is InChI=1S/C12H17NO2/c1-9(2)3-4-10-5-7-11(8-6-10)12(14)13-15/h5-9,15H,3-4H2,1-2H3,(H,13,14). The summed E-state index contributed by atoms with van der Waals surface area (Å²) in [6.07, 6.45) is 2.17. The predicted octanol–water partition coefficient (Wildman–Crippen LogP) is 2.39. The minimum atomic E-state index is -0.467. The Morgan fingerprint density at radius 2 is 1.93 bits per heavy atom. The molecule has 82 valence electrons. The number of carbonyl (C=O) groups excluding carboxylic acids is 1. The molecule has 0 unspecified atom stereocenters. The molecule has 0 atom stereocenters. The number of nitrogens with one attached hydrogen (secondary N) is 1. The van der Waals surface area contributed by atoms with Gasteiger partial charge in [0.2, 0.25) is 0 Å². The molecule has 1 rings (SSSR count). The molecule has 1 aromatic rings. The molecule has 0 spiro atoms. The van der Waals surface area contributed by atoms with Crippen LogP contribution in [0.3, 0.4) is 0 Å². The largest absolute Gasteiger partial charge is 0.288 e. The smallest absolute Gasteiger partial charge is 0.274 e. The Morgan fingerprint density at radius 3 is 2.40 bits per heavy atom. The first kappa shape index (κ1) is 11.7. The van der Waals surface area contributed by atoms with Crippen LogP contribution in [0.15, 0.2) is 24.3 Å². The van der Waals surface area contributed by atoms with E-state index in [-0.39, 0.29) is 0 Å². The van der Waals surface area contributed by atoms with Crippen LogP contribution >= 0.6 is 0 Å². The van der Waals surface area contributed by atoms with Gasteiger partial charge in [-0.2, -0.15) is 0 Å². The maximum atomic E-state index is 11.0. The number of hydroxylamine groups is 1. The van der Waals surface area contributed by atoms with Crippen molar-refractivity contribution in [2.75, 3.05) is 0 Å². The fourth-order valence-electron chi connectivity index (χ4n) is 1.34. The third-order valence-corrected chi connectivity index (χ3v) is 2.33. The van der Waals surface area contributed by atoms with E-state index < -0.39 is 5.91 Å². The zero-order chi connectivity index (χ0) is 11.3. The first-order valence-corrected chi connectivity index (χ1v) is 5.17. The summed E-state index contributed by atoms with van der Waals surface area (Å²) < 4.78 is 0. The molecule has 15 heavy (non-hydrogen) atoms. The molecule has 0 aliphatic carbocycles. The Morgan fingerprint density at radius 1 is 1.33 bits per heavy atom. The Bertz CT molecular complexity index is 317. The van der Waals surface area contributed by atoms with E-state index in [9.17, 15) is 4.79 Å². The Balaban J connectivity index is 2.60. The quantitative estimate of drug-likeness (QED) is 0.588. The molecular weight excluding hydrogens is 190 g/mol. The zero-order valence-corrected chi connectivity index (χ0v) is 9.16.